The van der Waals surface area contributed by atoms with E-state index in [0.717, 1.165) is 25.7 Å². The number of hydrogen-bond donors (Lipinski definition) is 0. The molecule has 0 aliphatic heterocycles. The number of hydrogen-bond acceptors (Lipinski definition) is 0. The van der Waals surface area contributed by atoms with Crippen LogP contribution in [0.5, 0.6) is 0 Å². The highest BCUT2D eigenvalue weighted by Crippen LogP contribution is 2.51. The van der Waals surface area contributed by atoms with Gasteiger partial charge in [0.15, 0.2) is 0 Å². The van der Waals surface area contributed by atoms with Crippen LogP contribution in [0.2, 0.25) is 0 Å². The molecule has 2 aliphatic carbocycles. The van der Waals surface area contributed by atoms with E-state index in [1.54, 1.807) is 5.57 Å². The lowest BCUT2D eigenvalue weighted by atomic mass is 9.78. The zero-order valence-corrected chi connectivity index (χ0v) is 50.2. The zero-order chi connectivity index (χ0) is 58.0. The molecule has 0 amide bonds. The van der Waals surface area contributed by atoms with Crippen molar-refractivity contribution in [2.75, 3.05) is 0 Å². The number of benzene rings is 8. The van der Waals surface area contributed by atoms with Crippen molar-refractivity contribution in [3.8, 4) is 33.4 Å². The van der Waals surface area contributed by atoms with Gasteiger partial charge in [0, 0.05) is 5.41 Å². The largest absolute Gasteiger partial charge is 0.106 e. The third kappa shape index (κ3) is 17.6. The molecule has 0 heterocycles. The summed E-state index contributed by atoms with van der Waals surface area (Å²) in [6.07, 6.45) is 24.4. The molecule has 0 saturated carbocycles. The summed E-state index contributed by atoms with van der Waals surface area (Å²) in [5.41, 5.74) is 25.5. The number of allylic oxidation sites excluding steroid dienone is 13. The maximum absolute atomic E-state index is 3.78. The van der Waals surface area contributed by atoms with Gasteiger partial charge in [-0.05, 0) is 159 Å². The average molecular weight is 1060 g/mol. The van der Waals surface area contributed by atoms with Crippen LogP contribution in [0.3, 0.4) is 0 Å². The lowest BCUT2D eigenvalue weighted by Crippen LogP contribution is -2.17. The molecule has 0 saturated heterocycles. The van der Waals surface area contributed by atoms with Crippen LogP contribution in [-0.2, 0) is 11.8 Å². The lowest BCUT2D eigenvalue weighted by Gasteiger charge is -2.25. The summed E-state index contributed by atoms with van der Waals surface area (Å²) in [5, 5.41) is 0. The molecule has 0 heteroatoms. The van der Waals surface area contributed by atoms with Gasteiger partial charge in [0.05, 0.1) is 0 Å². The second-order valence-electron chi connectivity index (χ2n) is 21.5. The van der Waals surface area contributed by atoms with Crippen molar-refractivity contribution < 1.29 is 0 Å². The minimum absolute atomic E-state index is 0.0520. The summed E-state index contributed by atoms with van der Waals surface area (Å²) in [7, 11) is 0. The predicted molar refractivity (Wildman–Crippen MR) is 360 cm³/mol. The average Bonchev–Trinajstić information content (AvgIpc) is 3.79. The lowest BCUT2D eigenvalue weighted by molar-refractivity contribution is 0.643. The van der Waals surface area contributed by atoms with Crippen molar-refractivity contribution in [1.29, 1.82) is 0 Å². The summed E-state index contributed by atoms with van der Waals surface area (Å²) < 4.78 is 0. The van der Waals surface area contributed by atoms with Gasteiger partial charge in [-0.15, -0.1) is 13.2 Å². The molecule has 2 aliphatic rings. The summed E-state index contributed by atoms with van der Waals surface area (Å²) in [5.74, 6) is 0.614. The van der Waals surface area contributed by atoms with Crippen molar-refractivity contribution in [3.63, 3.8) is 0 Å². The Hall–Kier alpha value is -8.32. The molecule has 1 unspecified atom stereocenters. The second kappa shape index (κ2) is 32.1. The molecule has 0 aromatic heterocycles. The molecule has 0 nitrogen and oxygen atoms in total. The quantitative estimate of drug-likeness (QED) is 0.0752. The van der Waals surface area contributed by atoms with E-state index in [0.29, 0.717) is 5.92 Å². The Kier molecular flexibility index (Phi) is 24.5. The monoisotopic (exact) mass is 1060 g/mol. The Balaban J connectivity index is 0.000000203. The molecular weight excluding hydrogens is 973 g/mol. The molecule has 8 aromatic carbocycles. The summed E-state index contributed by atoms with van der Waals surface area (Å²) in [4.78, 5) is 0. The van der Waals surface area contributed by atoms with Gasteiger partial charge >= 0.3 is 0 Å². The maximum atomic E-state index is 3.78. The van der Waals surface area contributed by atoms with Crippen LogP contribution < -0.4 is 0 Å². The smallest absolute Gasteiger partial charge is 0.0155 e. The first-order valence-corrected chi connectivity index (χ1v) is 29.4. The fraction of sp³-hybridized carbons (Fsp3) is 0.210. The van der Waals surface area contributed by atoms with E-state index in [9.17, 15) is 0 Å². The van der Waals surface area contributed by atoms with Gasteiger partial charge in [0.25, 0.3) is 0 Å². The van der Waals surface area contributed by atoms with Crippen molar-refractivity contribution in [3.05, 3.63) is 325 Å². The van der Waals surface area contributed by atoms with E-state index in [4.69, 9.17) is 0 Å². The van der Waals surface area contributed by atoms with Crippen LogP contribution in [0.25, 0.3) is 55.7 Å². The first-order chi connectivity index (χ1) is 39.5. The molecule has 0 fully saturated rings. The van der Waals surface area contributed by atoms with E-state index in [-0.39, 0.29) is 5.41 Å². The molecular formula is C81H88. The summed E-state index contributed by atoms with van der Waals surface area (Å²) in [6.45, 7) is 29.9. The van der Waals surface area contributed by atoms with Crippen LogP contribution in [0.4, 0.5) is 0 Å². The molecule has 412 valence electrons. The minimum atomic E-state index is 0.0520. The minimum Gasteiger partial charge on any atom is -0.106 e. The van der Waals surface area contributed by atoms with Gasteiger partial charge in [-0.2, -0.15) is 0 Å². The van der Waals surface area contributed by atoms with Crippen molar-refractivity contribution in [2.45, 2.75) is 106 Å². The van der Waals surface area contributed by atoms with E-state index in [2.05, 4.69) is 287 Å². The van der Waals surface area contributed by atoms with Crippen LogP contribution in [-0.4, -0.2) is 0 Å². The Morgan fingerprint density at radius 2 is 1.07 bits per heavy atom. The number of fused-ring (bicyclic) bond motifs is 2. The first-order valence-electron chi connectivity index (χ1n) is 29.4. The number of aryl methyl sites for hydroxylation is 3. The Bertz CT molecular complexity index is 3390. The third-order valence-corrected chi connectivity index (χ3v) is 14.9. The Morgan fingerprint density at radius 1 is 0.556 bits per heavy atom. The fourth-order valence-electron chi connectivity index (χ4n) is 10.6. The van der Waals surface area contributed by atoms with Crippen LogP contribution in [0.1, 0.15) is 125 Å². The second-order valence-corrected chi connectivity index (χ2v) is 21.5. The highest BCUT2D eigenvalue weighted by atomic mass is 14.4. The van der Waals surface area contributed by atoms with Crippen molar-refractivity contribution >= 4 is 22.3 Å². The molecule has 8 aromatic rings. The Morgan fingerprint density at radius 3 is 1.62 bits per heavy atom. The van der Waals surface area contributed by atoms with Gasteiger partial charge < -0.3 is 0 Å². The molecule has 1 atom stereocenters. The Labute approximate surface area is 489 Å². The third-order valence-electron chi connectivity index (χ3n) is 14.9. The SMILES string of the molecule is C=C.C=C/C=C(\C=C/C)c1cccc(-c2ccccc2)c1.CC/C=C(/C=C(\CCC)c1ccc(-c2ccc(C)cc2)cc1)c1ccc2c(c1)C(C)(C)C1=C2CC(C)C=C1.CCCc1ccc(-c2ccccc2)cc1.Cc1ccccc1. The van der Waals surface area contributed by atoms with Gasteiger partial charge in [-0.25, -0.2) is 0 Å². The maximum Gasteiger partial charge on any atom is 0.0155 e. The summed E-state index contributed by atoms with van der Waals surface area (Å²) in [6, 6.07) is 73.8. The normalized spacial score (nSPS) is 14.1. The van der Waals surface area contributed by atoms with E-state index >= 15 is 0 Å². The van der Waals surface area contributed by atoms with E-state index in [1.807, 2.05) is 49.4 Å². The fourth-order valence-corrected chi connectivity index (χ4v) is 10.6. The topological polar surface area (TPSA) is 0 Å². The standard InChI is InChI=1S/C38H42.C19H18.C15H16.C7H8.C2H4/c1-7-9-31(30-18-16-29(17-19-30)28-14-11-26(3)12-15-28)24-32(10-8-2)33-20-21-34-35-23-27(4)13-22-36(35)38(5,6)37(34)25-33;1-3-9-16(10-4-2)18-13-8-14-19(15-18)17-11-6-5-7-12-17;1-2-6-13-9-11-15(12-10-13)14-7-4-3-5-8-14;1-7-5-3-2-4-6-7;1-2/h10-22,24-25,27H,7-9,23H2,1-6H3;3-15H,1H2,2H3;3-5,7-12H,2,6H2,1H3;2-6H,1H3;1-2H2/b31-24+,32-10-;10-4-,16-9+;;;. The zero-order valence-electron chi connectivity index (χ0n) is 50.2. The molecule has 0 N–H and O–H groups in total. The molecule has 0 bridgehead atoms. The van der Waals surface area contributed by atoms with Crippen molar-refractivity contribution in [1.82, 2.24) is 0 Å². The van der Waals surface area contributed by atoms with Gasteiger partial charge in [-0.3, -0.25) is 0 Å². The first kappa shape index (κ1) is 61.9. The molecule has 0 radical (unpaired) electrons. The highest BCUT2D eigenvalue weighted by molar-refractivity contribution is 5.89. The highest BCUT2D eigenvalue weighted by Gasteiger charge is 2.38. The van der Waals surface area contributed by atoms with Gasteiger partial charge in [0.2, 0.25) is 0 Å². The molecule has 0 spiro atoms. The van der Waals surface area contributed by atoms with E-state index < -0.39 is 0 Å². The predicted octanol–water partition coefficient (Wildman–Crippen LogP) is 23.6. The van der Waals surface area contributed by atoms with Gasteiger partial charge in [0.1, 0.15) is 0 Å². The molecule has 81 heavy (non-hydrogen) atoms. The van der Waals surface area contributed by atoms with Crippen LogP contribution in [0, 0.1) is 19.8 Å². The number of rotatable bonds is 14. The molecule has 10 rings (SSSR count). The van der Waals surface area contributed by atoms with Crippen LogP contribution >= 0.6 is 0 Å². The van der Waals surface area contributed by atoms with Crippen molar-refractivity contribution in [2.24, 2.45) is 5.92 Å². The van der Waals surface area contributed by atoms with E-state index in [1.165, 1.54) is 113 Å². The van der Waals surface area contributed by atoms with Crippen LogP contribution in [0.15, 0.2) is 280 Å². The summed E-state index contributed by atoms with van der Waals surface area (Å²) >= 11 is 0. The van der Waals surface area contributed by atoms with Gasteiger partial charge in [-0.1, -0.05) is 315 Å².